The molecule has 0 radical (unpaired) electrons. The molecule has 1 aromatic rings. The fraction of sp³-hybridized carbons (Fsp3) is 0.625. The van der Waals surface area contributed by atoms with Crippen LogP contribution in [0.15, 0.2) is 18.2 Å². The van der Waals surface area contributed by atoms with E-state index in [2.05, 4.69) is 24.1 Å². The molecule has 2 fully saturated rings. The fourth-order valence-electron chi connectivity index (χ4n) is 3.32. The number of nitrogens with one attached hydrogen (secondary N) is 1. The van der Waals surface area contributed by atoms with E-state index in [4.69, 9.17) is 11.6 Å². The highest BCUT2D eigenvalue weighted by Crippen LogP contribution is 2.42. The summed E-state index contributed by atoms with van der Waals surface area (Å²) in [6.07, 6.45) is 3.71. The lowest BCUT2D eigenvalue weighted by atomic mass is 9.90. The van der Waals surface area contributed by atoms with Gasteiger partial charge in [-0.2, -0.15) is 0 Å². The number of anilines is 1. The summed E-state index contributed by atoms with van der Waals surface area (Å²) in [5.74, 6) is 0.433. The SMILES string of the molecule is CCC1CNC(C)(C2CC2)CN1c1ccc(F)c(Cl)c1. The molecule has 0 bridgehead atoms. The topological polar surface area (TPSA) is 15.3 Å². The third kappa shape index (κ3) is 2.53. The average molecular weight is 297 g/mol. The largest absolute Gasteiger partial charge is 0.365 e. The minimum Gasteiger partial charge on any atom is -0.365 e. The van der Waals surface area contributed by atoms with Crippen LogP contribution >= 0.6 is 11.6 Å². The first-order chi connectivity index (χ1) is 9.53. The van der Waals surface area contributed by atoms with E-state index in [9.17, 15) is 4.39 Å². The maximum absolute atomic E-state index is 13.4. The van der Waals surface area contributed by atoms with Crippen molar-refractivity contribution in [3.05, 3.63) is 29.0 Å². The molecule has 1 saturated heterocycles. The Morgan fingerprint density at radius 1 is 1.45 bits per heavy atom. The second-order valence-corrected chi connectivity index (χ2v) is 6.77. The summed E-state index contributed by atoms with van der Waals surface area (Å²) in [6, 6.07) is 5.53. The maximum Gasteiger partial charge on any atom is 0.141 e. The van der Waals surface area contributed by atoms with E-state index in [-0.39, 0.29) is 16.4 Å². The zero-order valence-corrected chi connectivity index (χ0v) is 12.9. The van der Waals surface area contributed by atoms with E-state index >= 15 is 0 Å². The molecule has 1 heterocycles. The predicted molar refractivity (Wildman–Crippen MR) is 82.0 cm³/mol. The van der Waals surface area contributed by atoms with E-state index in [0.717, 1.165) is 31.1 Å². The minimum atomic E-state index is -0.344. The summed E-state index contributed by atoms with van der Waals surface area (Å²) < 4.78 is 13.4. The van der Waals surface area contributed by atoms with Gasteiger partial charge >= 0.3 is 0 Å². The van der Waals surface area contributed by atoms with Crippen molar-refractivity contribution in [1.29, 1.82) is 0 Å². The van der Waals surface area contributed by atoms with Gasteiger partial charge in [-0.25, -0.2) is 4.39 Å². The summed E-state index contributed by atoms with van der Waals surface area (Å²) in [6.45, 7) is 6.47. The van der Waals surface area contributed by atoms with E-state index < -0.39 is 0 Å². The predicted octanol–water partition coefficient (Wildman–Crippen LogP) is 3.84. The Labute approximate surface area is 125 Å². The van der Waals surface area contributed by atoms with Gasteiger partial charge in [0.25, 0.3) is 0 Å². The Morgan fingerprint density at radius 3 is 2.80 bits per heavy atom. The van der Waals surface area contributed by atoms with Crippen molar-refractivity contribution in [2.75, 3.05) is 18.0 Å². The van der Waals surface area contributed by atoms with Gasteiger partial charge in [0.15, 0.2) is 0 Å². The van der Waals surface area contributed by atoms with Crippen LogP contribution in [0.2, 0.25) is 5.02 Å². The van der Waals surface area contributed by atoms with Gasteiger partial charge in [0.1, 0.15) is 5.82 Å². The molecule has 1 N–H and O–H groups in total. The highest BCUT2D eigenvalue weighted by Gasteiger charge is 2.45. The summed E-state index contributed by atoms with van der Waals surface area (Å²) in [4.78, 5) is 2.40. The molecule has 0 amide bonds. The van der Waals surface area contributed by atoms with Crippen LogP contribution in [0.1, 0.15) is 33.1 Å². The van der Waals surface area contributed by atoms with Crippen LogP contribution in [0.3, 0.4) is 0 Å². The second-order valence-electron chi connectivity index (χ2n) is 6.36. The standard InChI is InChI=1S/C16H22ClFN2/c1-3-12-9-19-16(2,11-4-5-11)10-20(12)13-6-7-15(18)14(17)8-13/h6-8,11-12,19H,3-5,9-10H2,1-2H3. The lowest BCUT2D eigenvalue weighted by Gasteiger charge is -2.47. The molecule has 0 aromatic heterocycles. The van der Waals surface area contributed by atoms with Gasteiger partial charge in [-0.15, -0.1) is 0 Å². The molecular weight excluding hydrogens is 275 g/mol. The van der Waals surface area contributed by atoms with Crippen molar-refractivity contribution in [1.82, 2.24) is 5.32 Å². The molecule has 1 saturated carbocycles. The number of nitrogens with zero attached hydrogens (tertiary/aromatic N) is 1. The van der Waals surface area contributed by atoms with E-state index in [1.165, 1.54) is 18.9 Å². The quantitative estimate of drug-likeness (QED) is 0.912. The lowest BCUT2D eigenvalue weighted by Crippen LogP contribution is -2.64. The van der Waals surface area contributed by atoms with E-state index in [0.29, 0.717) is 6.04 Å². The van der Waals surface area contributed by atoms with Crippen molar-refractivity contribution >= 4 is 17.3 Å². The highest BCUT2D eigenvalue weighted by atomic mass is 35.5. The highest BCUT2D eigenvalue weighted by molar-refractivity contribution is 6.31. The van der Waals surface area contributed by atoms with Crippen LogP contribution < -0.4 is 10.2 Å². The van der Waals surface area contributed by atoms with Gasteiger partial charge in [-0.3, -0.25) is 0 Å². The molecule has 2 nitrogen and oxygen atoms in total. The first-order valence-corrected chi connectivity index (χ1v) is 7.88. The number of halogens is 2. The van der Waals surface area contributed by atoms with Crippen LogP contribution in [-0.4, -0.2) is 24.7 Å². The number of rotatable bonds is 3. The third-order valence-corrected chi connectivity index (χ3v) is 5.16. The van der Waals surface area contributed by atoms with Crippen LogP contribution in [0.25, 0.3) is 0 Å². The number of hydrogen-bond acceptors (Lipinski definition) is 2. The maximum atomic E-state index is 13.4. The Balaban J connectivity index is 1.88. The van der Waals surface area contributed by atoms with Crippen LogP contribution in [0.5, 0.6) is 0 Å². The molecule has 4 heteroatoms. The average Bonchev–Trinajstić information content (AvgIpc) is 3.27. The molecule has 110 valence electrons. The Hall–Kier alpha value is -0.800. The van der Waals surface area contributed by atoms with Gasteiger partial charge < -0.3 is 10.2 Å². The molecule has 2 atom stereocenters. The molecule has 2 unspecified atom stereocenters. The number of piperazine rings is 1. The van der Waals surface area contributed by atoms with Gasteiger partial charge in [0.05, 0.1) is 5.02 Å². The first-order valence-electron chi connectivity index (χ1n) is 7.50. The lowest BCUT2D eigenvalue weighted by molar-refractivity contribution is 0.252. The second kappa shape index (κ2) is 5.19. The molecule has 3 rings (SSSR count). The van der Waals surface area contributed by atoms with Crippen LogP contribution in [0.4, 0.5) is 10.1 Å². The molecule has 1 aliphatic carbocycles. The molecule has 1 aromatic carbocycles. The minimum absolute atomic E-state index is 0.173. The smallest absolute Gasteiger partial charge is 0.141 e. The van der Waals surface area contributed by atoms with E-state index in [1.54, 1.807) is 6.07 Å². The summed E-state index contributed by atoms with van der Waals surface area (Å²) in [5, 5.41) is 3.95. The van der Waals surface area contributed by atoms with Gasteiger partial charge in [-0.1, -0.05) is 18.5 Å². The summed E-state index contributed by atoms with van der Waals surface area (Å²) >= 11 is 5.95. The number of benzene rings is 1. The molecular formula is C16H22ClFN2. The molecule has 2 aliphatic rings. The zero-order valence-electron chi connectivity index (χ0n) is 12.1. The van der Waals surface area contributed by atoms with Crippen molar-refractivity contribution in [2.45, 2.75) is 44.7 Å². The van der Waals surface area contributed by atoms with Crippen molar-refractivity contribution in [2.24, 2.45) is 5.92 Å². The van der Waals surface area contributed by atoms with Gasteiger partial charge in [0.2, 0.25) is 0 Å². The normalized spacial score (nSPS) is 30.6. The molecule has 1 aliphatic heterocycles. The molecule has 20 heavy (non-hydrogen) atoms. The van der Waals surface area contributed by atoms with Crippen molar-refractivity contribution < 1.29 is 4.39 Å². The van der Waals surface area contributed by atoms with Gasteiger partial charge in [0, 0.05) is 30.4 Å². The Morgan fingerprint density at radius 2 is 2.20 bits per heavy atom. The summed E-state index contributed by atoms with van der Waals surface area (Å²) in [5.41, 5.74) is 1.21. The van der Waals surface area contributed by atoms with Crippen LogP contribution in [-0.2, 0) is 0 Å². The zero-order chi connectivity index (χ0) is 14.3. The number of hydrogen-bond donors (Lipinski definition) is 1. The monoisotopic (exact) mass is 296 g/mol. The third-order valence-electron chi connectivity index (χ3n) is 4.87. The van der Waals surface area contributed by atoms with E-state index in [1.807, 2.05) is 6.07 Å². The van der Waals surface area contributed by atoms with Crippen LogP contribution in [0, 0.1) is 11.7 Å². The fourth-order valence-corrected chi connectivity index (χ4v) is 3.50. The first kappa shape index (κ1) is 14.2. The Bertz CT molecular complexity index is 503. The van der Waals surface area contributed by atoms with Crippen molar-refractivity contribution in [3.8, 4) is 0 Å². The Kier molecular flexibility index (Phi) is 3.67. The molecule has 0 spiro atoms. The van der Waals surface area contributed by atoms with Gasteiger partial charge in [-0.05, 0) is 50.3 Å². The summed E-state index contributed by atoms with van der Waals surface area (Å²) in [7, 11) is 0. The van der Waals surface area contributed by atoms with Crippen molar-refractivity contribution in [3.63, 3.8) is 0 Å².